The molecule has 0 aliphatic carbocycles. The lowest BCUT2D eigenvalue weighted by Gasteiger charge is -2.18. The molecule has 1 saturated heterocycles. The van der Waals surface area contributed by atoms with Crippen LogP contribution in [0.1, 0.15) is 18.9 Å². The van der Waals surface area contributed by atoms with Gasteiger partial charge in [0.1, 0.15) is 0 Å². The van der Waals surface area contributed by atoms with Gasteiger partial charge in [0.2, 0.25) is 15.9 Å². The molecule has 0 bridgehead atoms. The molecule has 1 aromatic rings. The Morgan fingerprint density at radius 1 is 1.32 bits per heavy atom. The van der Waals surface area contributed by atoms with E-state index in [1.807, 2.05) is 0 Å². The lowest BCUT2D eigenvalue weighted by atomic mass is 10.2. The first-order valence-electron chi connectivity index (χ1n) is 7.06. The van der Waals surface area contributed by atoms with Gasteiger partial charge in [0.05, 0.1) is 4.90 Å². The molecule has 2 aliphatic heterocycles. The number of halogens is 1. The molecule has 1 atom stereocenters. The third-order valence-electron chi connectivity index (χ3n) is 4.15. The van der Waals surface area contributed by atoms with Crippen LogP contribution < -0.4 is 10.6 Å². The molecule has 122 valence electrons. The highest BCUT2D eigenvalue weighted by Crippen LogP contribution is 2.31. The van der Waals surface area contributed by atoms with Crippen LogP contribution >= 0.6 is 12.4 Å². The SMILES string of the molecule is CC(=O)N1CCc2cc(S(=O)(=O)N3CC[C@H](N)C3)ccc21.Cl. The fourth-order valence-electron chi connectivity index (χ4n) is 2.99. The van der Waals surface area contributed by atoms with E-state index in [0.717, 1.165) is 11.3 Å². The average Bonchev–Trinajstić information content (AvgIpc) is 3.03. The summed E-state index contributed by atoms with van der Waals surface area (Å²) < 4.78 is 26.6. The summed E-state index contributed by atoms with van der Waals surface area (Å²) in [6.07, 6.45) is 1.39. The van der Waals surface area contributed by atoms with Crippen molar-refractivity contribution >= 4 is 34.0 Å². The average molecular weight is 346 g/mol. The fraction of sp³-hybridized carbons (Fsp3) is 0.500. The van der Waals surface area contributed by atoms with Crippen LogP contribution in [-0.2, 0) is 21.2 Å². The highest BCUT2D eigenvalue weighted by molar-refractivity contribution is 7.89. The molecule has 1 amide bonds. The Balaban J connectivity index is 0.00000176. The Bertz CT molecular complexity index is 693. The first-order chi connectivity index (χ1) is 9.89. The molecule has 8 heteroatoms. The zero-order valence-electron chi connectivity index (χ0n) is 12.4. The molecule has 0 unspecified atom stereocenters. The van der Waals surface area contributed by atoms with Gasteiger partial charge < -0.3 is 10.6 Å². The first kappa shape index (κ1) is 17.2. The van der Waals surface area contributed by atoms with E-state index in [-0.39, 0.29) is 24.4 Å². The summed E-state index contributed by atoms with van der Waals surface area (Å²) in [6, 6.07) is 4.92. The van der Waals surface area contributed by atoms with Gasteiger partial charge in [-0.1, -0.05) is 0 Å². The van der Waals surface area contributed by atoms with Crippen molar-refractivity contribution in [3.8, 4) is 0 Å². The lowest BCUT2D eigenvalue weighted by Crippen LogP contribution is -2.32. The quantitative estimate of drug-likeness (QED) is 0.856. The number of sulfonamides is 1. The molecule has 2 heterocycles. The van der Waals surface area contributed by atoms with Crippen molar-refractivity contribution in [2.45, 2.75) is 30.7 Å². The second-order valence-corrected chi connectivity index (χ2v) is 7.56. The van der Waals surface area contributed by atoms with E-state index >= 15 is 0 Å². The van der Waals surface area contributed by atoms with Crippen LogP contribution in [0.2, 0.25) is 0 Å². The molecule has 0 radical (unpaired) electrons. The molecule has 0 saturated carbocycles. The topological polar surface area (TPSA) is 83.7 Å². The Morgan fingerprint density at radius 2 is 2.05 bits per heavy atom. The van der Waals surface area contributed by atoms with Crippen molar-refractivity contribution < 1.29 is 13.2 Å². The van der Waals surface area contributed by atoms with E-state index in [2.05, 4.69) is 0 Å². The zero-order valence-corrected chi connectivity index (χ0v) is 14.0. The van der Waals surface area contributed by atoms with Crippen molar-refractivity contribution in [1.29, 1.82) is 0 Å². The van der Waals surface area contributed by atoms with Gasteiger partial charge >= 0.3 is 0 Å². The smallest absolute Gasteiger partial charge is 0.243 e. The third-order valence-corrected chi connectivity index (χ3v) is 6.01. The van der Waals surface area contributed by atoms with E-state index < -0.39 is 10.0 Å². The second-order valence-electron chi connectivity index (χ2n) is 5.62. The molecule has 6 nitrogen and oxygen atoms in total. The highest BCUT2D eigenvalue weighted by atomic mass is 35.5. The van der Waals surface area contributed by atoms with Gasteiger partial charge in [-0.2, -0.15) is 4.31 Å². The molecule has 22 heavy (non-hydrogen) atoms. The van der Waals surface area contributed by atoms with E-state index in [1.54, 1.807) is 23.1 Å². The number of anilines is 1. The van der Waals surface area contributed by atoms with Crippen LogP contribution in [0.25, 0.3) is 0 Å². The summed E-state index contributed by atoms with van der Waals surface area (Å²) in [4.78, 5) is 13.5. The minimum absolute atomic E-state index is 0. The first-order valence-corrected chi connectivity index (χ1v) is 8.50. The molecular weight excluding hydrogens is 326 g/mol. The third kappa shape index (κ3) is 2.86. The minimum Gasteiger partial charge on any atom is -0.326 e. The monoisotopic (exact) mass is 345 g/mol. The van der Waals surface area contributed by atoms with Crippen LogP contribution in [0.5, 0.6) is 0 Å². The van der Waals surface area contributed by atoms with Gasteiger partial charge in [-0.25, -0.2) is 8.42 Å². The predicted molar refractivity (Wildman–Crippen MR) is 86.8 cm³/mol. The number of hydrogen-bond acceptors (Lipinski definition) is 4. The predicted octanol–water partition coefficient (Wildman–Crippen LogP) is 0.739. The number of carbonyl (C=O) groups excluding carboxylic acids is 1. The van der Waals surface area contributed by atoms with Gasteiger partial charge in [0, 0.05) is 38.3 Å². The largest absolute Gasteiger partial charge is 0.326 e. The maximum absolute atomic E-state index is 12.6. The summed E-state index contributed by atoms with van der Waals surface area (Å²) in [7, 11) is -3.48. The molecular formula is C14H20ClN3O3S. The molecule has 2 N–H and O–H groups in total. The molecule has 0 aromatic heterocycles. The summed E-state index contributed by atoms with van der Waals surface area (Å²) in [5, 5.41) is 0. The summed E-state index contributed by atoms with van der Waals surface area (Å²) >= 11 is 0. The van der Waals surface area contributed by atoms with Crippen LogP contribution in [0.4, 0.5) is 5.69 Å². The van der Waals surface area contributed by atoms with Crippen molar-refractivity contribution in [3.05, 3.63) is 23.8 Å². The number of hydrogen-bond donors (Lipinski definition) is 1. The zero-order chi connectivity index (χ0) is 15.2. The van der Waals surface area contributed by atoms with Gasteiger partial charge in [-0.05, 0) is 36.6 Å². The van der Waals surface area contributed by atoms with Crippen LogP contribution in [0.3, 0.4) is 0 Å². The van der Waals surface area contributed by atoms with Gasteiger partial charge in [-0.15, -0.1) is 12.4 Å². The van der Waals surface area contributed by atoms with E-state index in [0.29, 0.717) is 37.4 Å². The maximum atomic E-state index is 12.6. The van der Waals surface area contributed by atoms with Gasteiger partial charge in [0.25, 0.3) is 0 Å². The van der Waals surface area contributed by atoms with Gasteiger partial charge in [0.15, 0.2) is 0 Å². The summed E-state index contributed by atoms with van der Waals surface area (Å²) in [5.41, 5.74) is 7.52. The number of amides is 1. The van der Waals surface area contributed by atoms with E-state index in [9.17, 15) is 13.2 Å². The number of fused-ring (bicyclic) bond motifs is 1. The maximum Gasteiger partial charge on any atom is 0.243 e. The molecule has 0 spiro atoms. The van der Waals surface area contributed by atoms with Crippen LogP contribution in [0.15, 0.2) is 23.1 Å². The molecule has 1 fully saturated rings. The van der Waals surface area contributed by atoms with Crippen molar-refractivity contribution in [2.24, 2.45) is 5.73 Å². The second kappa shape index (κ2) is 6.16. The number of nitrogens with zero attached hydrogens (tertiary/aromatic N) is 2. The van der Waals surface area contributed by atoms with Crippen LogP contribution in [-0.4, -0.2) is 44.3 Å². The molecule has 3 rings (SSSR count). The Kier molecular flexibility index (Phi) is 4.81. The number of carbonyl (C=O) groups is 1. The fourth-order valence-corrected chi connectivity index (χ4v) is 4.55. The van der Waals surface area contributed by atoms with E-state index in [4.69, 9.17) is 5.73 Å². The van der Waals surface area contributed by atoms with Gasteiger partial charge in [-0.3, -0.25) is 4.79 Å². The van der Waals surface area contributed by atoms with E-state index in [1.165, 1.54) is 11.2 Å². The number of nitrogens with two attached hydrogens (primary N) is 1. The molecule has 2 aliphatic rings. The standard InChI is InChI=1S/C14H19N3O3S.ClH/c1-10(18)17-7-4-11-8-13(2-3-14(11)17)21(19,20)16-6-5-12(15)9-16;/h2-3,8,12H,4-7,9,15H2,1H3;1H/t12-;/m0./s1. The van der Waals surface area contributed by atoms with Crippen molar-refractivity contribution in [3.63, 3.8) is 0 Å². The Morgan fingerprint density at radius 3 is 2.64 bits per heavy atom. The summed E-state index contributed by atoms with van der Waals surface area (Å²) in [5.74, 6) is -0.0186. The normalized spacial score (nSPS) is 21.5. The molecule has 1 aromatic carbocycles. The number of rotatable bonds is 2. The Labute approximate surface area is 136 Å². The van der Waals surface area contributed by atoms with Crippen molar-refractivity contribution in [2.75, 3.05) is 24.5 Å². The summed E-state index contributed by atoms with van der Waals surface area (Å²) in [6.45, 7) is 2.98. The number of benzene rings is 1. The van der Waals surface area contributed by atoms with Crippen LogP contribution in [0, 0.1) is 0 Å². The highest BCUT2D eigenvalue weighted by Gasteiger charge is 2.32. The lowest BCUT2D eigenvalue weighted by molar-refractivity contribution is -0.116. The Hall–Kier alpha value is -1.15. The minimum atomic E-state index is -3.48. The van der Waals surface area contributed by atoms with Crippen molar-refractivity contribution in [1.82, 2.24) is 4.31 Å².